The van der Waals surface area contributed by atoms with Crippen molar-refractivity contribution >= 4 is 6.09 Å². The van der Waals surface area contributed by atoms with Gasteiger partial charge in [-0.15, -0.1) is 0 Å². The Labute approximate surface area is 102 Å². The minimum absolute atomic E-state index is 0.116. The van der Waals surface area contributed by atoms with Crippen molar-refractivity contribution in [3.05, 3.63) is 12.4 Å². The van der Waals surface area contributed by atoms with Gasteiger partial charge in [-0.3, -0.25) is 0 Å². The van der Waals surface area contributed by atoms with Crippen molar-refractivity contribution in [1.29, 1.82) is 0 Å². The van der Waals surface area contributed by atoms with E-state index in [1.165, 1.54) is 0 Å². The fourth-order valence-corrected chi connectivity index (χ4v) is 2.26. The van der Waals surface area contributed by atoms with Gasteiger partial charge in [0.25, 0.3) is 0 Å². The number of hydrogen-bond acceptors (Lipinski definition) is 4. The van der Waals surface area contributed by atoms with Crippen LogP contribution in [0.15, 0.2) is 12.4 Å². The van der Waals surface area contributed by atoms with Gasteiger partial charge in [-0.25, -0.2) is 4.79 Å². The third kappa shape index (κ3) is 2.84. The lowest BCUT2D eigenvalue weighted by molar-refractivity contribution is 0.0196. The zero-order valence-electron chi connectivity index (χ0n) is 10.7. The first-order valence-electron chi connectivity index (χ1n) is 6.14. The molecule has 2 rings (SSSR count). The van der Waals surface area contributed by atoms with Crippen LogP contribution in [0.25, 0.3) is 0 Å². The summed E-state index contributed by atoms with van der Waals surface area (Å²) in [7, 11) is 0. The van der Waals surface area contributed by atoms with Gasteiger partial charge >= 0.3 is 6.09 Å². The molecule has 0 aromatic rings. The molecule has 0 unspecified atom stereocenters. The van der Waals surface area contributed by atoms with Crippen molar-refractivity contribution in [2.24, 2.45) is 0 Å². The molecule has 2 aliphatic rings. The third-order valence-electron chi connectivity index (χ3n) is 2.95. The number of hydrogen-bond donors (Lipinski definition) is 2. The second kappa shape index (κ2) is 4.47. The molecule has 0 radical (unpaired) electrons. The molecule has 5 heteroatoms. The smallest absolute Gasteiger partial charge is 0.410 e. The molecule has 1 atom stereocenters. The van der Waals surface area contributed by atoms with Gasteiger partial charge in [-0.05, 0) is 33.6 Å². The molecule has 0 bridgehead atoms. The van der Waals surface area contributed by atoms with Gasteiger partial charge < -0.3 is 20.3 Å². The summed E-state index contributed by atoms with van der Waals surface area (Å²) in [5, 5.41) is 6.41. The zero-order chi connectivity index (χ0) is 12.5. The topological polar surface area (TPSA) is 53.6 Å². The number of carbonyl (C=O) groups is 1. The number of nitrogens with zero attached hydrogens (tertiary/aromatic N) is 1. The predicted octanol–water partition coefficient (Wildman–Crippen LogP) is 1.38. The molecule has 0 aliphatic carbocycles. The van der Waals surface area contributed by atoms with E-state index in [0.717, 1.165) is 19.4 Å². The summed E-state index contributed by atoms with van der Waals surface area (Å²) in [5.41, 5.74) is -0.432. The van der Waals surface area contributed by atoms with E-state index >= 15 is 0 Å². The fraction of sp³-hybridized carbons (Fsp3) is 0.750. The molecule has 1 amide bonds. The Kier molecular flexibility index (Phi) is 3.17. The SMILES string of the molecule is CC(C)(C)OC(=O)N1CCC[C@H]1C1NC=CN1. The van der Waals surface area contributed by atoms with Crippen LogP contribution in [0.4, 0.5) is 4.79 Å². The van der Waals surface area contributed by atoms with Gasteiger partial charge in [0, 0.05) is 18.9 Å². The van der Waals surface area contributed by atoms with Crippen molar-refractivity contribution in [2.45, 2.75) is 51.4 Å². The summed E-state index contributed by atoms with van der Waals surface area (Å²) in [6.07, 6.45) is 5.68. The lowest BCUT2D eigenvalue weighted by Crippen LogP contribution is -2.52. The third-order valence-corrected chi connectivity index (χ3v) is 2.95. The fourth-order valence-electron chi connectivity index (χ4n) is 2.26. The number of ether oxygens (including phenoxy) is 1. The monoisotopic (exact) mass is 239 g/mol. The van der Waals surface area contributed by atoms with Crippen molar-refractivity contribution in [1.82, 2.24) is 15.5 Å². The first-order chi connectivity index (χ1) is 7.97. The average molecular weight is 239 g/mol. The van der Waals surface area contributed by atoms with E-state index < -0.39 is 5.60 Å². The number of likely N-dealkylation sites (tertiary alicyclic amines) is 1. The Balaban J connectivity index is 1.97. The first kappa shape index (κ1) is 12.1. The van der Waals surface area contributed by atoms with Crippen LogP contribution in [0, 0.1) is 0 Å². The molecule has 5 nitrogen and oxygen atoms in total. The molecule has 2 heterocycles. The van der Waals surface area contributed by atoms with Gasteiger partial charge in [0.1, 0.15) is 11.8 Å². The molecule has 0 aromatic heterocycles. The molecule has 17 heavy (non-hydrogen) atoms. The van der Waals surface area contributed by atoms with Crippen molar-refractivity contribution < 1.29 is 9.53 Å². The minimum Gasteiger partial charge on any atom is -0.444 e. The molecule has 0 aromatic carbocycles. The van der Waals surface area contributed by atoms with Gasteiger partial charge in [-0.2, -0.15) is 0 Å². The maximum absolute atomic E-state index is 12.1. The van der Waals surface area contributed by atoms with Crippen molar-refractivity contribution in [2.75, 3.05) is 6.54 Å². The van der Waals surface area contributed by atoms with Crippen LogP contribution in [0.1, 0.15) is 33.6 Å². The van der Waals surface area contributed by atoms with E-state index in [4.69, 9.17) is 4.74 Å². The van der Waals surface area contributed by atoms with Crippen LogP contribution in [-0.4, -0.2) is 35.3 Å². The zero-order valence-corrected chi connectivity index (χ0v) is 10.7. The van der Waals surface area contributed by atoms with Gasteiger partial charge in [-0.1, -0.05) is 0 Å². The number of carbonyl (C=O) groups excluding carboxylic acids is 1. The summed E-state index contributed by atoms with van der Waals surface area (Å²) in [6.45, 7) is 6.45. The number of rotatable bonds is 1. The van der Waals surface area contributed by atoms with Crippen LogP contribution >= 0.6 is 0 Å². The minimum atomic E-state index is -0.432. The summed E-state index contributed by atoms with van der Waals surface area (Å²) in [4.78, 5) is 13.9. The largest absolute Gasteiger partial charge is 0.444 e. The summed E-state index contributed by atoms with van der Waals surface area (Å²) in [5.74, 6) is 0. The van der Waals surface area contributed by atoms with Crippen LogP contribution in [0.2, 0.25) is 0 Å². The normalized spacial score (nSPS) is 24.6. The molecule has 0 saturated carbocycles. The molecule has 1 saturated heterocycles. The maximum atomic E-state index is 12.1. The van der Waals surface area contributed by atoms with Crippen LogP contribution in [-0.2, 0) is 4.74 Å². The van der Waals surface area contributed by atoms with E-state index in [1.54, 1.807) is 0 Å². The van der Waals surface area contributed by atoms with E-state index in [0.29, 0.717) is 0 Å². The highest BCUT2D eigenvalue weighted by Gasteiger charge is 2.37. The van der Waals surface area contributed by atoms with Crippen LogP contribution in [0.5, 0.6) is 0 Å². The predicted molar refractivity (Wildman–Crippen MR) is 65.2 cm³/mol. The summed E-state index contributed by atoms with van der Waals surface area (Å²) < 4.78 is 5.42. The van der Waals surface area contributed by atoms with E-state index in [9.17, 15) is 4.79 Å². The highest BCUT2D eigenvalue weighted by molar-refractivity contribution is 5.69. The Hall–Kier alpha value is -1.39. The van der Waals surface area contributed by atoms with E-state index in [-0.39, 0.29) is 18.3 Å². The number of nitrogens with one attached hydrogen (secondary N) is 2. The van der Waals surface area contributed by atoms with Gasteiger partial charge in [0.2, 0.25) is 0 Å². The maximum Gasteiger partial charge on any atom is 0.410 e. The lowest BCUT2D eigenvalue weighted by Gasteiger charge is -2.31. The second-order valence-electron chi connectivity index (χ2n) is 5.53. The highest BCUT2D eigenvalue weighted by atomic mass is 16.6. The van der Waals surface area contributed by atoms with Crippen LogP contribution in [0.3, 0.4) is 0 Å². The van der Waals surface area contributed by atoms with Crippen LogP contribution < -0.4 is 10.6 Å². The van der Waals surface area contributed by atoms with Crippen molar-refractivity contribution in [3.8, 4) is 0 Å². The second-order valence-corrected chi connectivity index (χ2v) is 5.53. The summed E-state index contributed by atoms with van der Waals surface area (Å²) in [6, 6.07) is 0.167. The Bertz CT molecular complexity index is 314. The molecule has 1 fully saturated rings. The Morgan fingerprint density at radius 1 is 1.35 bits per heavy atom. The molecule has 0 spiro atoms. The first-order valence-corrected chi connectivity index (χ1v) is 6.14. The number of amides is 1. The highest BCUT2D eigenvalue weighted by Crippen LogP contribution is 2.23. The lowest BCUT2D eigenvalue weighted by atomic mass is 10.1. The Morgan fingerprint density at radius 2 is 2.00 bits per heavy atom. The van der Waals surface area contributed by atoms with Gasteiger partial charge in [0.05, 0.1) is 6.04 Å². The Morgan fingerprint density at radius 3 is 2.59 bits per heavy atom. The average Bonchev–Trinajstić information content (AvgIpc) is 2.85. The molecular weight excluding hydrogens is 218 g/mol. The molecular formula is C12H21N3O2. The summed E-state index contributed by atoms with van der Waals surface area (Å²) >= 11 is 0. The molecule has 96 valence electrons. The molecule has 2 aliphatic heterocycles. The quantitative estimate of drug-likeness (QED) is 0.726. The standard InChI is InChI=1S/C12H21N3O2/c1-12(2,3)17-11(16)15-8-4-5-9(15)10-13-6-7-14-10/h6-7,9-10,13-14H,4-5,8H2,1-3H3/t9-/m0/s1. The van der Waals surface area contributed by atoms with E-state index in [2.05, 4.69) is 10.6 Å². The van der Waals surface area contributed by atoms with Gasteiger partial charge in [0.15, 0.2) is 0 Å². The van der Waals surface area contributed by atoms with Crippen molar-refractivity contribution in [3.63, 3.8) is 0 Å². The van der Waals surface area contributed by atoms with E-state index in [1.807, 2.05) is 38.1 Å². The molecule has 2 N–H and O–H groups in total.